The molecule has 1 radical (unpaired) electrons. The Bertz CT molecular complexity index is 3250. The summed E-state index contributed by atoms with van der Waals surface area (Å²) in [5.74, 6) is -0.366. The first kappa shape index (κ1) is 45.1. The Kier molecular flexibility index (Phi) is 12.8. The van der Waals surface area contributed by atoms with Crippen LogP contribution in [0.25, 0.3) is 83.6 Å². The fourth-order valence-electron chi connectivity index (χ4n) is 8.47. The second kappa shape index (κ2) is 18.5. The number of rotatable bonds is 7. The van der Waals surface area contributed by atoms with E-state index in [2.05, 4.69) is 125 Å². The molecule has 7 heteroatoms. The molecule has 7 aromatic carbocycles. The molecule has 3 heterocycles. The molecule has 3 aromatic heterocycles. The van der Waals surface area contributed by atoms with E-state index in [4.69, 9.17) is 9.40 Å². The van der Waals surface area contributed by atoms with Crippen LogP contribution in [0.15, 0.2) is 162 Å². The maximum Gasteiger partial charge on any atom is 0.175 e. The maximum absolute atomic E-state index is 16.2. The first-order chi connectivity index (χ1) is 30.9. The summed E-state index contributed by atoms with van der Waals surface area (Å²) in [6.45, 7) is 15.5. The van der Waals surface area contributed by atoms with Crippen molar-refractivity contribution in [1.82, 2.24) is 14.5 Å². The SMILES string of the molecule is CC(C)(C)c1ccnc(-c2[c-]cccc2)c1.CC(C)c1cc(-c2ccccc2)cc(C(C)C)c1-n1c(-c2[c-]ccc3c2oc2c(F)c(-c4ccccc4)c(F)cc23)nc2ccccc21.[Ir]. The van der Waals surface area contributed by atoms with Crippen LogP contribution in [0.2, 0.25) is 0 Å². The molecule has 10 aromatic rings. The van der Waals surface area contributed by atoms with Crippen molar-refractivity contribution in [3.63, 3.8) is 0 Å². The van der Waals surface area contributed by atoms with Crippen LogP contribution in [0.3, 0.4) is 0 Å². The van der Waals surface area contributed by atoms with Crippen LogP contribution in [0.1, 0.15) is 77.0 Å². The van der Waals surface area contributed by atoms with E-state index in [1.54, 1.807) is 36.4 Å². The van der Waals surface area contributed by atoms with E-state index in [0.717, 1.165) is 39.1 Å². The maximum atomic E-state index is 16.2. The quantitative estimate of drug-likeness (QED) is 0.149. The third kappa shape index (κ3) is 8.71. The molecule has 0 aliphatic rings. The van der Waals surface area contributed by atoms with Crippen molar-refractivity contribution in [3.05, 3.63) is 198 Å². The number of hydrogen-bond acceptors (Lipinski definition) is 3. The van der Waals surface area contributed by atoms with Gasteiger partial charge in [0.05, 0.1) is 28.0 Å². The van der Waals surface area contributed by atoms with Crippen molar-refractivity contribution >= 4 is 33.0 Å². The molecular weight excluding hydrogens is 985 g/mol. The van der Waals surface area contributed by atoms with Crippen LogP contribution in [-0.2, 0) is 25.5 Å². The van der Waals surface area contributed by atoms with Crippen molar-refractivity contribution in [3.8, 4) is 50.6 Å². The van der Waals surface area contributed by atoms with Crippen LogP contribution in [0, 0.1) is 23.8 Å². The number of imidazole rings is 1. The van der Waals surface area contributed by atoms with E-state index < -0.39 is 11.6 Å². The molecule has 4 nitrogen and oxygen atoms in total. The fourth-order valence-corrected chi connectivity index (χ4v) is 8.47. The predicted molar refractivity (Wildman–Crippen MR) is 259 cm³/mol. The molecule has 0 aliphatic carbocycles. The molecular formula is C58H49F2IrN3O-2. The van der Waals surface area contributed by atoms with Gasteiger partial charge < -0.3 is 14.0 Å². The summed E-state index contributed by atoms with van der Waals surface area (Å²) in [7, 11) is 0. The number of nitrogens with zero attached hydrogens (tertiary/aromatic N) is 3. The molecule has 0 saturated carbocycles. The summed E-state index contributed by atoms with van der Waals surface area (Å²) in [6.07, 6.45) is 1.87. The molecule has 0 spiro atoms. The topological polar surface area (TPSA) is 43.9 Å². The van der Waals surface area contributed by atoms with Gasteiger partial charge in [-0.2, -0.15) is 0 Å². The van der Waals surface area contributed by atoms with E-state index in [0.29, 0.717) is 33.3 Å². The third-order valence-electron chi connectivity index (χ3n) is 11.8. The van der Waals surface area contributed by atoms with Gasteiger partial charge in [0, 0.05) is 37.4 Å². The smallest absolute Gasteiger partial charge is 0.175 e. The number of fused-ring (bicyclic) bond motifs is 4. The zero-order valence-electron chi connectivity index (χ0n) is 37.5. The average Bonchev–Trinajstić information content (AvgIpc) is 3.88. The Hall–Kier alpha value is -6.53. The van der Waals surface area contributed by atoms with Gasteiger partial charge in [-0.15, -0.1) is 54.1 Å². The molecule has 0 fully saturated rings. The molecule has 65 heavy (non-hydrogen) atoms. The summed E-state index contributed by atoms with van der Waals surface area (Å²) in [6, 6.07) is 55.5. The summed E-state index contributed by atoms with van der Waals surface area (Å²) in [5, 5.41) is 0.970. The van der Waals surface area contributed by atoms with E-state index in [1.807, 2.05) is 60.8 Å². The zero-order chi connectivity index (χ0) is 44.7. The normalized spacial score (nSPS) is 11.6. The molecule has 0 N–H and O–H groups in total. The third-order valence-corrected chi connectivity index (χ3v) is 11.8. The van der Waals surface area contributed by atoms with E-state index in [1.165, 1.54) is 22.8 Å². The minimum Gasteiger partial charge on any atom is -0.497 e. The van der Waals surface area contributed by atoms with Crippen molar-refractivity contribution in [1.29, 1.82) is 0 Å². The number of para-hydroxylation sites is 2. The van der Waals surface area contributed by atoms with E-state index >= 15 is 8.78 Å². The van der Waals surface area contributed by atoms with Gasteiger partial charge in [0.25, 0.3) is 0 Å². The average molecular weight is 1030 g/mol. The Morgan fingerprint density at radius 3 is 1.92 bits per heavy atom. The van der Waals surface area contributed by atoms with Gasteiger partial charge >= 0.3 is 0 Å². The van der Waals surface area contributed by atoms with Gasteiger partial charge in [0.2, 0.25) is 0 Å². The number of aromatic nitrogens is 3. The summed E-state index contributed by atoms with van der Waals surface area (Å²) in [5.41, 5.74) is 12.3. The first-order valence-corrected chi connectivity index (χ1v) is 21.8. The Balaban J connectivity index is 0.000000287. The second-order valence-corrected chi connectivity index (χ2v) is 17.9. The van der Waals surface area contributed by atoms with Gasteiger partial charge in [-0.3, -0.25) is 4.98 Å². The van der Waals surface area contributed by atoms with Gasteiger partial charge in [-0.25, -0.2) is 8.78 Å². The van der Waals surface area contributed by atoms with E-state index in [-0.39, 0.29) is 48.5 Å². The van der Waals surface area contributed by atoms with Crippen molar-refractivity contribution in [2.45, 2.75) is 65.7 Å². The molecule has 0 unspecified atom stereocenters. The van der Waals surface area contributed by atoms with Crippen molar-refractivity contribution in [2.24, 2.45) is 0 Å². The molecule has 0 saturated heterocycles. The molecule has 327 valence electrons. The standard InChI is InChI=1S/C43H33F2N2O.C15H16N.Ir/c1-25(2)32-22-29(27-14-7-5-8-15-27)23-33(26(3)4)40(32)47-37-21-12-11-20-36(37)46-43(47)31-19-13-18-30-34-24-35(44)38(28-16-9-6-10-17-28)39(45)42(34)48-41(30)31;1-15(2,3)13-9-10-16-14(11-13)12-7-5-4-6-8-12;/h5-18,20-26H,1-4H3;4-7,9-11H,1-3H3;/q2*-1;. The number of hydrogen-bond donors (Lipinski definition) is 0. The largest absolute Gasteiger partial charge is 0.497 e. The van der Waals surface area contributed by atoms with Crippen LogP contribution in [0.5, 0.6) is 0 Å². The number of benzene rings is 7. The van der Waals surface area contributed by atoms with Crippen LogP contribution >= 0.6 is 0 Å². The Labute approximate surface area is 393 Å². The molecule has 0 atom stereocenters. The molecule has 0 amide bonds. The first-order valence-electron chi connectivity index (χ1n) is 21.8. The van der Waals surface area contributed by atoms with E-state index in [9.17, 15) is 0 Å². The Morgan fingerprint density at radius 2 is 1.28 bits per heavy atom. The minimum atomic E-state index is -0.729. The summed E-state index contributed by atoms with van der Waals surface area (Å²) in [4.78, 5) is 9.56. The minimum absolute atomic E-state index is 0. The van der Waals surface area contributed by atoms with Crippen molar-refractivity contribution in [2.75, 3.05) is 0 Å². The number of furan rings is 1. The number of halogens is 2. The monoisotopic (exact) mass is 1030 g/mol. The van der Waals surface area contributed by atoms with Gasteiger partial charge in [0.15, 0.2) is 11.4 Å². The van der Waals surface area contributed by atoms with Crippen LogP contribution in [-0.4, -0.2) is 14.5 Å². The van der Waals surface area contributed by atoms with Crippen LogP contribution in [0.4, 0.5) is 8.78 Å². The predicted octanol–water partition coefficient (Wildman–Crippen LogP) is 16.1. The van der Waals surface area contributed by atoms with Gasteiger partial charge in [-0.05, 0) is 92.7 Å². The fraction of sp³-hybridized carbons (Fsp3) is 0.172. The number of pyridine rings is 1. The van der Waals surface area contributed by atoms with Crippen LogP contribution < -0.4 is 0 Å². The zero-order valence-corrected chi connectivity index (χ0v) is 39.9. The Morgan fingerprint density at radius 1 is 0.631 bits per heavy atom. The summed E-state index contributed by atoms with van der Waals surface area (Å²) < 4.78 is 40.4. The molecule has 10 rings (SSSR count). The molecule has 0 bridgehead atoms. The second-order valence-electron chi connectivity index (χ2n) is 17.9. The van der Waals surface area contributed by atoms with Crippen molar-refractivity contribution < 1.29 is 33.3 Å². The summed E-state index contributed by atoms with van der Waals surface area (Å²) >= 11 is 0. The van der Waals surface area contributed by atoms with Gasteiger partial charge in [-0.1, -0.05) is 138 Å². The van der Waals surface area contributed by atoms with Gasteiger partial charge in [0.1, 0.15) is 5.82 Å². The molecule has 0 aliphatic heterocycles.